The van der Waals surface area contributed by atoms with E-state index < -0.39 is 0 Å². The molecular formula is C17H28N6O. The quantitative estimate of drug-likeness (QED) is 0.392. The maximum atomic E-state index is 11.3. The number of pyridine rings is 1. The smallest absolute Gasteiger partial charge is 0.220 e. The minimum absolute atomic E-state index is 0.0233. The molecule has 0 aliphatic carbocycles. The Morgan fingerprint density at radius 3 is 2.83 bits per heavy atom. The van der Waals surface area contributed by atoms with E-state index >= 15 is 0 Å². The highest BCUT2D eigenvalue weighted by Gasteiger charge is 2.24. The highest BCUT2D eigenvalue weighted by molar-refractivity contribution is 5.78. The van der Waals surface area contributed by atoms with Crippen LogP contribution in [0.15, 0.2) is 23.3 Å². The van der Waals surface area contributed by atoms with E-state index in [0.29, 0.717) is 12.5 Å². The van der Waals surface area contributed by atoms with Crippen molar-refractivity contribution >= 4 is 17.7 Å². The number of carbonyl (C=O) groups excluding carboxylic acids is 1. The Kier molecular flexibility index (Phi) is 6.84. The highest BCUT2D eigenvalue weighted by atomic mass is 16.1. The average molecular weight is 332 g/mol. The second kappa shape index (κ2) is 9.10. The molecule has 0 spiro atoms. The molecule has 1 saturated heterocycles. The maximum Gasteiger partial charge on any atom is 0.220 e. The number of hydrogen-bond acceptors (Lipinski definition) is 4. The number of nitrogens with zero attached hydrogens (tertiary/aromatic N) is 3. The summed E-state index contributed by atoms with van der Waals surface area (Å²) in [5, 5.41) is 3.11. The number of carbonyl (C=O) groups is 1. The second-order valence-corrected chi connectivity index (χ2v) is 6.13. The van der Waals surface area contributed by atoms with Crippen molar-refractivity contribution < 1.29 is 4.79 Å². The average Bonchev–Trinajstić information content (AvgIpc) is 2.60. The zero-order valence-electron chi connectivity index (χ0n) is 14.4. The van der Waals surface area contributed by atoms with Gasteiger partial charge in [-0.1, -0.05) is 19.4 Å². The summed E-state index contributed by atoms with van der Waals surface area (Å²) in [6, 6.07) is 3.93. The van der Waals surface area contributed by atoms with Crippen molar-refractivity contribution in [1.29, 1.82) is 0 Å². The topological polar surface area (TPSA) is 110 Å². The monoisotopic (exact) mass is 332 g/mol. The minimum Gasteiger partial charge on any atom is -0.370 e. The van der Waals surface area contributed by atoms with Gasteiger partial charge in [-0.15, -0.1) is 0 Å². The number of hydrogen-bond donors (Lipinski definition) is 3. The predicted octanol–water partition coefficient (Wildman–Crippen LogP) is 0.988. The van der Waals surface area contributed by atoms with Crippen molar-refractivity contribution in [3.8, 4) is 0 Å². The van der Waals surface area contributed by atoms with Crippen molar-refractivity contribution in [2.24, 2.45) is 22.4 Å². The first-order valence-corrected chi connectivity index (χ1v) is 8.63. The molecule has 0 aromatic carbocycles. The van der Waals surface area contributed by atoms with Crippen molar-refractivity contribution in [1.82, 2.24) is 10.3 Å². The Balaban J connectivity index is 1.98. The van der Waals surface area contributed by atoms with Gasteiger partial charge in [0, 0.05) is 37.3 Å². The molecule has 7 heteroatoms. The van der Waals surface area contributed by atoms with E-state index in [0.717, 1.165) is 56.7 Å². The molecule has 0 bridgehead atoms. The normalized spacial score (nSPS) is 16.2. The number of aliphatic imine (C=N–C) groups is 1. The molecule has 0 unspecified atom stereocenters. The molecule has 7 nitrogen and oxygen atoms in total. The first kappa shape index (κ1) is 18.0. The van der Waals surface area contributed by atoms with Crippen LogP contribution in [-0.2, 0) is 11.3 Å². The van der Waals surface area contributed by atoms with Crippen LogP contribution in [-0.4, -0.2) is 36.5 Å². The number of unbranched alkanes of at least 4 members (excludes halogenated alkanes) is 1. The lowest BCUT2D eigenvalue weighted by atomic mass is 9.96. The van der Waals surface area contributed by atoms with Gasteiger partial charge in [0.2, 0.25) is 5.91 Å². The maximum absolute atomic E-state index is 11.3. The molecule has 2 rings (SSSR count). The number of nitrogens with one attached hydrogen (secondary N) is 1. The van der Waals surface area contributed by atoms with E-state index in [4.69, 9.17) is 11.5 Å². The van der Waals surface area contributed by atoms with E-state index in [1.165, 1.54) is 0 Å². The number of guanidine groups is 1. The highest BCUT2D eigenvalue weighted by Crippen LogP contribution is 2.24. The van der Waals surface area contributed by atoms with Crippen molar-refractivity contribution in [3.05, 3.63) is 23.9 Å². The molecule has 24 heavy (non-hydrogen) atoms. The fourth-order valence-electron chi connectivity index (χ4n) is 2.83. The third kappa shape index (κ3) is 5.11. The van der Waals surface area contributed by atoms with Gasteiger partial charge < -0.3 is 21.7 Å². The lowest BCUT2D eigenvalue weighted by Crippen LogP contribution is -2.39. The van der Waals surface area contributed by atoms with Gasteiger partial charge in [-0.2, -0.15) is 0 Å². The van der Waals surface area contributed by atoms with Crippen LogP contribution in [0, 0.1) is 5.92 Å². The van der Waals surface area contributed by atoms with Gasteiger partial charge in [-0.25, -0.2) is 9.98 Å². The molecule has 0 radical (unpaired) electrons. The molecule has 1 aromatic heterocycles. The SMILES string of the molecule is CCCCNC(N)=NCc1cccnc1N1CCC(C(N)=O)CC1. The van der Waals surface area contributed by atoms with Gasteiger partial charge >= 0.3 is 0 Å². The van der Waals surface area contributed by atoms with Crippen molar-refractivity contribution in [2.75, 3.05) is 24.5 Å². The van der Waals surface area contributed by atoms with E-state index in [-0.39, 0.29) is 11.8 Å². The summed E-state index contributed by atoms with van der Waals surface area (Å²) in [6.07, 6.45) is 5.52. The van der Waals surface area contributed by atoms with Gasteiger partial charge in [0.25, 0.3) is 0 Å². The number of primary amides is 1. The van der Waals surface area contributed by atoms with Gasteiger partial charge in [0.15, 0.2) is 5.96 Å². The summed E-state index contributed by atoms with van der Waals surface area (Å²) < 4.78 is 0. The summed E-state index contributed by atoms with van der Waals surface area (Å²) in [5.74, 6) is 1.16. The van der Waals surface area contributed by atoms with Crippen LogP contribution < -0.4 is 21.7 Å². The molecular weight excluding hydrogens is 304 g/mol. The zero-order valence-corrected chi connectivity index (χ0v) is 14.4. The summed E-state index contributed by atoms with van der Waals surface area (Å²) in [6.45, 7) is 5.03. The first-order chi connectivity index (χ1) is 11.6. The third-order valence-corrected chi connectivity index (χ3v) is 4.32. The fourth-order valence-corrected chi connectivity index (χ4v) is 2.83. The Bertz CT molecular complexity index is 566. The summed E-state index contributed by atoms with van der Waals surface area (Å²) in [4.78, 5) is 22.4. The number of aromatic nitrogens is 1. The Morgan fingerprint density at radius 1 is 1.42 bits per heavy atom. The number of nitrogens with two attached hydrogens (primary N) is 2. The minimum atomic E-state index is -0.202. The second-order valence-electron chi connectivity index (χ2n) is 6.13. The lowest BCUT2D eigenvalue weighted by molar-refractivity contribution is -0.122. The van der Waals surface area contributed by atoms with Crippen LogP contribution in [0.2, 0.25) is 0 Å². The molecule has 1 amide bonds. The van der Waals surface area contributed by atoms with Crippen molar-refractivity contribution in [2.45, 2.75) is 39.2 Å². The molecule has 1 aromatic rings. The lowest BCUT2D eigenvalue weighted by Gasteiger charge is -2.32. The number of rotatable bonds is 7. The van der Waals surface area contributed by atoms with E-state index in [1.807, 2.05) is 12.1 Å². The van der Waals surface area contributed by atoms with Crippen LogP contribution in [0.1, 0.15) is 38.2 Å². The molecule has 0 saturated carbocycles. The standard InChI is InChI=1S/C17H28N6O/c1-2-3-8-21-17(19)22-12-14-5-4-9-20-16(14)23-10-6-13(7-11-23)15(18)24/h4-5,9,13H,2-3,6-8,10-12H2,1H3,(H2,18,24)(H3,19,21,22). The number of piperidine rings is 1. The molecule has 0 atom stereocenters. The van der Waals surface area contributed by atoms with Crippen LogP contribution in [0.3, 0.4) is 0 Å². The first-order valence-electron chi connectivity index (χ1n) is 8.63. The van der Waals surface area contributed by atoms with Gasteiger partial charge in [-0.05, 0) is 25.3 Å². The molecule has 1 aliphatic heterocycles. The van der Waals surface area contributed by atoms with Crippen LogP contribution in [0.4, 0.5) is 5.82 Å². The van der Waals surface area contributed by atoms with Gasteiger partial charge in [-0.3, -0.25) is 4.79 Å². The molecule has 5 N–H and O–H groups in total. The zero-order chi connectivity index (χ0) is 17.4. The largest absolute Gasteiger partial charge is 0.370 e. The third-order valence-electron chi connectivity index (χ3n) is 4.32. The van der Waals surface area contributed by atoms with Crippen LogP contribution in [0.25, 0.3) is 0 Å². The molecule has 1 aliphatic rings. The van der Waals surface area contributed by atoms with E-state index in [2.05, 4.69) is 27.1 Å². The van der Waals surface area contributed by atoms with Crippen LogP contribution in [0.5, 0.6) is 0 Å². The van der Waals surface area contributed by atoms with Crippen molar-refractivity contribution in [3.63, 3.8) is 0 Å². The molecule has 1 fully saturated rings. The predicted molar refractivity (Wildman–Crippen MR) is 96.6 cm³/mol. The fraction of sp³-hybridized carbons (Fsp3) is 0.588. The Labute approximate surface area is 143 Å². The van der Waals surface area contributed by atoms with Gasteiger partial charge in [0.1, 0.15) is 5.82 Å². The van der Waals surface area contributed by atoms with E-state index in [9.17, 15) is 4.79 Å². The van der Waals surface area contributed by atoms with Gasteiger partial charge in [0.05, 0.1) is 6.54 Å². The Morgan fingerprint density at radius 2 is 2.17 bits per heavy atom. The molecule has 132 valence electrons. The van der Waals surface area contributed by atoms with E-state index in [1.54, 1.807) is 6.20 Å². The summed E-state index contributed by atoms with van der Waals surface area (Å²) in [5.41, 5.74) is 12.3. The van der Waals surface area contributed by atoms with Crippen LogP contribution >= 0.6 is 0 Å². The number of anilines is 1. The summed E-state index contributed by atoms with van der Waals surface area (Å²) in [7, 11) is 0. The summed E-state index contributed by atoms with van der Waals surface area (Å²) >= 11 is 0. The molecule has 2 heterocycles. The number of amides is 1. The Hall–Kier alpha value is -2.31.